The quantitative estimate of drug-likeness (QED) is 0.496. The lowest BCUT2D eigenvalue weighted by Gasteiger charge is -2.09. The van der Waals surface area contributed by atoms with Crippen molar-refractivity contribution >= 4 is 22.8 Å². The first-order valence-corrected chi connectivity index (χ1v) is 10.2. The molecular formula is C24H20N2O6. The number of nitrogens with zero attached hydrogens (tertiary/aromatic N) is 2. The maximum atomic E-state index is 13.2. The van der Waals surface area contributed by atoms with Crippen LogP contribution in [0.25, 0.3) is 10.9 Å². The molecule has 1 aliphatic rings. The number of fused-ring (bicyclic) bond motifs is 2. The number of aromatic nitrogens is 2. The first-order chi connectivity index (χ1) is 15.5. The summed E-state index contributed by atoms with van der Waals surface area (Å²) in [6.45, 7) is 1.99. The Bertz CT molecular complexity index is 1310. The molecule has 0 fully saturated rings. The van der Waals surface area contributed by atoms with E-state index in [1.165, 1.54) is 10.6 Å². The van der Waals surface area contributed by atoms with Crippen molar-refractivity contribution in [3.05, 3.63) is 77.2 Å². The zero-order valence-corrected chi connectivity index (χ0v) is 17.3. The van der Waals surface area contributed by atoms with Gasteiger partial charge < -0.3 is 19.1 Å². The molecule has 2 aromatic heterocycles. The molecule has 8 heteroatoms. The lowest BCUT2D eigenvalue weighted by atomic mass is 10.1. The number of benzene rings is 2. The minimum Gasteiger partial charge on any atom is -0.486 e. The molecule has 32 heavy (non-hydrogen) atoms. The van der Waals surface area contributed by atoms with Gasteiger partial charge in [-0.05, 0) is 35.3 Å². The summed E-state index contributed by atoms with van der Waals surface area (Å²) < 4.78 is 18.2. The predicted molar refractivity (Wildman–Crippen MR) is 114 cm³/mol. The summed E-state index contributed by atoms with van der Waals surface area (Å²) in [7, 11) is 0. The number of carboxylic acids is 1. The summed E-state index contributed by atoms with van der Waals surface area (Å²) >= 11 is 0. The molecule has 162 valence electrons. The highest BCUT2D eigenvalue weighted by Crippen LogP contribution is 2.29. The SMILES string of the molecule is Cc1c(CC(=O)O)c2ccccc2n1C(=O)c1cc(OC[C@@H]2Cc3ccccc3O2)no1. The van der Waals surface area contributed by atoms with Gasteiger partial charge in [0.2, 0.25) is 5.76 Å². The van der Waals surface area contributed by atoms with Gasteiger partial charge >= 0.3 is 11.9 Å². The van der Waals surface area contributed by atoms with Gasteiger partial charge in [-0.3, -0.25) is 14.2 Å². The highest BCUT2D eigenvalue weighted by Gasteiger charge is 2.26. The Morgan fingerprint density at radius 3 is 2.78 bits per heavy atom. The molecule has 1 N–H and O–H groups in total. The molecule has 1 aliphatic heterocycles. The Kier molecular flexibility index (Phi) is 4.89. The Balaban J connectivity index is 1.35. The van der Waals surface area contributed by atoms with Gasteiger partial charge in [0.15, 0.2) is 0 Å². The second kappa shape index (κ2) is 7.88. The van der Waals surface area contributed by atoms with Gasteiger partial charge in [-0.15, -0.1) is 0 Å². The first-order valence-electron chi connectivity index (χ1n) is 10.2. The van der Waals surface area contributed by atoms with E-state index in [1.54, 1.807) is 25.1 Å². The molecule has 0 bridgehead atoms. The van der Waals surface area contributed by atoms with Crippen LogP contribution in [0.4, 0.5) is 0 Å². The van der Waals surface area contributed by atoms with Crippen molar-refractivity contribution < 1.29 is 28.7 Å². The van der Waals surface area contributed by atoms with Crippen molar-refractivity contribution in [1.82, 2.24) is 9.72 Å². The van der Waals surface area contributed by atoms with Crippen LogP contribution in [0.2, 0.25) is 0 Å². The van der Waals surface area contributed by atoms with Crippen molar-refractivity contribution in [2.75, 3.05) is 6.61 Å². The smallest absolute Gasteiger partial charge is 0.307 e. The number of carboxylic acid groups (broad SMARTS) is 1. The summed E-state index contributed by atoms with van der Waals surface area (Å²) in [5.74, 6) is -0.365. The van der Waals surface area contributed by atoms with Crippen molar-refractivity contribution in [1.29, 1.82) is 0 Å². The number of ether oxygens (including phenoxy) is 2. The molecule has 0 unspecified atom stereocenters. The maximum Gasteiger partial charge on any atom is 0.307 e. The summed E-state index contributed by atoms with van der Waals surface area (Å²) in [6, 6.07) is 16.5. The second-order valence-electron chi connectivity index (χ2n) is 7.68. The van der Waals surface area contributed by atoms with Crippen LogP contribution in [0.1, 0.15) is 27.4 Å². The monoisotopic (exact) mass is 432 g/mol. The maximum absolute atomic E-state index is 13.2. The summed E-state index contributed by atoms with van der Waals surface area (Å²) in [5, 5.41) is 13.9. The van der Waals surface area contributed by atoms with E-state index in [4.69, 9.17) is 14.0 Å². The predicted octanol–water partition coefficient (Wildman–Crippen LogP) is 3.64. The van der Waals surface area contributed by atoms with Crippen LogP contribution in [-0.2, 0) is 17.6 Å². The molecule has 3 heterocycles. The van der Waals surface area contributed by atoms with Gasteiger partial charge in [-0.25, -0.2) is 0 Å². The molecule has 0 saturated heterocycles. The molecule has 0 spiro atoms. The third-order valence-electron chi connectivity index (χ3n) is 5.60. The van der Waals surface area contributed by atoms with Gasteiger partial charge in [-0.1, -0.05) is 36.4 Å². The number of hydrogen-bond acceptors (Lipinski definition) is 6. The van der Waals surface area contributed by atoms with E-state index < -0.39 is 11.9 Å². The number of carbonyl (C=O) groups excluding carboxylic acids is 1. The van der Waals surface area contributed by atoms with Crippen molar-refractivity contribution in [3.8, 4) is 11.6 Å². The average Bonchev–Trinajstić information content (AvgIpc) is 3.48. The molecule has 0 saturated carbocycles. The van der Waals surface area contributed by atoms with Crippen LogP contribution < -0.4 is 9.47 Å². The minimum atomic E-state index is -0.963. The third kappa shape index (κ3) is 3.49. The standard InChI is InChI=1S/C24H20N2O6/c1-14-18(11-23(27)28)17-7-3-4-8-19(17)26(14)24(29)21-12-22(25-32-21)30-13-16-10-15-6-2-5-9-20(15)31-16/h2-9,12,16H,10-11,13H2,1H3,(H,27,28)/t16-/m0/s1. The number of rotatable bonds is 6. The van der Waals surface area contributed by atoms with E-state index in [9.17, 15) is 14.7 Å². The lowest BCUT2D eigenvalue weighted by molar-refractivity contribution is -0.136. The van der Waals surface area contributed by atoms with Crippen molar-refractivity contribution in [2.24, 2.45) is 0 Å². The van der Waals surface area contributed by atoms with E-state index in [-0.39, 0.29) is 30.8 Å². The largest absolute Gasteiger partial charge is 0.486 e. The third-order valence-corrected chi connectivity index (χ3v) is 5.60. The Hall–Kier alpha value is -4.07. The molecular weight excluding hydrogens is 412 g/mol. The molecule has 0 radical (unpaired) electrons. The molecule has 4 aromatic rings. The number of hydrogen-bond donors (Lipinski definition) is 1. The highest BCUT2D eigenvalue weighted by atomic mass is 16.6. The molecule has 0 aliphatic carbocycles. The van der Waals surface area contributed by atoms with Gasteiger partial charge in [0.25, 0.3) is 5.88 Å². The van der Waals surface area contributed by atoms with Crippen molar-refractivity contribution in [2.45, 2.75) is 25.9 Å². The topological polar surface area (TPSA) is 104 Å². The van der Waals surface area contributed by atoms with Gasteiger partial charge in [0.05, 0.1) is 18.0 Å². The van der Waals surface area contributed by atoms with Crippen LogP contribution >= 0.6 is 0 Å². The van der Waals surface area contributed by atoms with E-state index in [1.807, 2.05) is 30.3 Å². The highest BCUT2D eigenvalue weighted by molar-refractivity contribution is 6.03. The molecule has 0 amide bonds. The van der Waals surface area contributed by atoms with Crippen molar-refractivity contribution in [3.63, 3.8) is 0 Å². The summed E-state index contributed by atoms with van der Waals surface area (Å²) in [4.78, 5) is 24.5. The lowest BCUT2D eigenvalue weighted by Crippen LogP contribution is -2.22. The number of para-hydroxylation sites is 2. The number of carbonyl (C=O) groups is 2. The zero-order valence-electron chi connectivity index (χ0n) is 17.3. The van der Waals surface area contributed by atoms with Crippen LogP contribution in [0.15, 0.2) is 59.1 Å². The van der Waals surface area contributed by atoms with Crippen LogP contribution in [0, 0.1) is 6.92 Å². The average molecular weight is 432 g/mol. The summed E-state index contributed by atoms with van der Waals surface area (Å²) in [5.41, 5.74) is 2.89. The molecule has 1 atom stereocenters. The fraction of sp³-hybridized carbons (Fsp3) is 0.208. The van der Waals surface area contributed by atoms with Gasteiger partial charge in [0, 0.05) is 17.5 Å². The normalized spacial score (nSPS) is 14.8. The van der Waals surface area contributed by atoms with E-state index in [2.05, 4.69) is 5.16 Å². The first kappa shape index (κ1) is 19.9. The van der Waals surface area contributed by atoms with E-state index in [0.29, 0.717) is 16.8 Å². The van der Waals surface area contributed by atoms with E-state index in [0.717, 1.165) is 23.1 Å². The Morgan fingerprint density at radius 2 is 1.97 bits per heavy atom. The Labute approximate surface area is 183 Å². The van der Waals surface area contributed by atoms with Crippen LogP contribution in [0.3, 0.4) is 0 Å². The fourth-order valence-electron chi connectivity index (χ4n) is 4.13. The molecule has 8 nitrogen and oxygen atoms in total. The fourth-order valence-corrected chi connectivity index (χ4v) is 4.13. The van der Waals surface area contributed by atoms with Crippen LogP contribution in [-0.4, -0.2) is 39.4 Å². The van der Waals surface area contributed by atoms with Crippen LogP contribution in [0.5, 0.6) is 11.6 Å². The minimum absolute atomic E-state index is 0.00125. The zero-order chi connectivity index (χ0) is 22.2. The molecule has 2 aromatic carbocycles. The molecule has 5 rings (SSSR count). The summed E-state index contributed by atoms with van der Waals surface area (Å²) in [6.07, 6.45) is 0.416. The van der Waals surface area contributed by atoms with Gasteiger partial charge in [-0.2, -0.15) is 0 Å². The number of aliphatic carboxylic acids is 1. The van der Waals surface area contributed by atoms with Gasteiger partial charge in [0.1, 0.15) is 18.5 Å². The second-order valence-corrected chi connectivity index (χ2v) is 7.68. The van der Waals surface area contributed by atoms with E-state index >= 15 is 0 Å². The Morgan fingerprint density at radius 1 is 1.19 bits per heavy atom.